The van der Waals surface area contributed by atoms with E-state index in [0.29, 0.717) is 0 Å². The number of anilines is 1. The highest BCUT2D eigenvalue weighted by molar-refractivity contribution is 7.10. The van der Waals surface area contributed by atoms with Crippen molar-refractivity contribution < 1.29 is 23.1 Å². The predicted octanol–water partition coefficient (Wildman–Crippen LogP) is 3.34. The summed E-state index contributed by atoms with van der Waals surface area (Å²) < 4.78 is 38.9. The first-order valence-electron chi connectivity index (χ1n) is 7.43. The lowest BCUT2D eigenvalue weighted by atomic mass is 10.2. The molecule has 3 aromatic rings. The van der Waals surface area contributed by atoms with Gasteiger partial charge in [-0.2, -0.15) is 13.2 Å². The van der Waals surface area contributed by atoms with Crippen LogP contribution >= 0.6 is 11.3 Å². The molecule has 0 aliphatic carbocycles. The molecule has 0 aliphatic rings. The maximum absolute atomic E-state index is 12.5. The highest BCUT2D eigenvalue weighted by atomic mass is 32.1. The topological polar surface area (TPSA) is 80.0 Å². The Morgan fingerprint density at radius 1 is 1.27 bits per heavy atom. The summed E-state index contributed by atoms with van der Waals surface area (Å²) in [5, 5.41) is 21.8. The molecule has 0 aliphatic heterocycles. The van der Waals surface area contributed by atoms with Crippen molar-refractivity contribution in [3.63, 3.8) is 0 Å². The zero-order chi connectivity index (χ0) is 18.7. The van der Waals surface area contributed by atoms with Crippen LogP contribution in [0.4, 0.5) is 18.9 Å². The molecule has 1 aromatic carbocycles. The van der Waals surface area contributed by atoms with Crippen molar-refractivity contribution in [2.75, 3.05) is 5.32 Å². The van der Waals surface area contributed by atoms with Crippen LogP contribution in [0.3, 0.4) is 0 Å². The predicted molar refractivity (Wildman–Crippen MR) is 88.7 cm³/mol. The van der Waals surface area contributed by atoms with Gasteiger partial charge in [-0.1, -0.05) is 11.3 Å². The van der Waals surface area contributed by atoms with E-state index in [9.17, 15) is 23.1 Å². The van der Waals surface area contributed by atoms with Crippen LogP contribution in [-0.4, -0.2) is 26.0 Å². The molecule has 2 aromatic heterocycles. The zero-order valence-electron chi connectivity index (χ0n) is 13.1. The number of rotatable bonds is 5. The minimum Gasteiger partial charge on any atom is -0.386 e. The molecule has 0 saturated heterocycles. The van der Waals surface area contributed by atoms with E-state index in [1.165, 1.54) is 22.2 Å². The number of nitrogens with zero attached hydrogens (tertiary/aromatic N) is 3. The molecule has 0 spiro atoms. The molecule has 2 heterocycles. The molecule has 0 radical (unpaired) electrons. The smallest absolute Gasteiger partial charge is 0.386 e. The van der Waals surface area contributed by atoms with E-state index < -0.39 is 23.8 Å². The molecule has 0 bridgehead atoms. The third kappa shape index (κ3) is 4.27. The van der Waals surface area contributed by atoms with Crippen molar-refractivity contribution in [2.45, 2.75) is 18.8 Å². The number of carbonyl (C=O) groups is 1. The molecule has 1 atom stereocenters. The maximum Gasteiger partial charge on any atom is 0.416 e. The molecule has 3 rings (SSSR count). The van der Waals surface area contributed by atoms with Gasteiger partial charge >= 0.3 is 6.18 Å². The Morgan fingerprint density at radius 3 is 2.62 bits per heavy atom. The molecule has 1 amide bonds. The number of amides is 1. The van der Waals surface area contributed by atoms with Crippen LogP contribution < -0.4 is 5.32 Å². The van der Waals surface area contributed by atoms with E-state index >= 15 is 0 Å². The SMILES string of the molecule is O=C(Nc1ccc(C(F)(F)F)cc1)c1cn(C[C@H](O)c2cccs2)nn1. The third-order valence-corrected chi connectivity index (χ3v) is 4.45. The second-order valence-corrected chi connectivity index (χ2v) is 6.37. The summed E-state index contributed by atoms with van der Waals surface area (Å²) >= 11 is 1.40. The number of aliphatic hydroxyl groups is 1. The number of halogens is 3. The Morgan fingerprint density at radius 2 is 2.00 bits per heavy atom. The van der Waals surface area contributed by atoms with Crippen molar-refractivity contribution in [3.8, 4) is 0 Å². The summed E-state index contributed by atoms with van der Waals surface area (Å²) in [6.45, 7) is 0.126. The van der Waals surface area contributed by atoms with Crippen LogP contribution in [0.15, 0.2) is 48.0 Å². The largest absolute Gasteiger partial charge is 0.416 e. The summed E-state index contributed by atoms with van der Waals surface area (Å²) in [5.41, 5.74) is -0.608. The highest BCUT2D eigenvalue weighted by Gasteiger charge is 2.30. The molecular weight excluding hydrogens is 369 g/mol. The fourth-order valence-electron chi connectivity index (χ4n) is 2.18. The molecule has 2 N–H and O–H groups in total. The minimum atomic E-state index is -4.44. The Hall–Kier alpha value is -2.72. The molecule has 6 nitrogen and oxygen atoms in total. The lowest BCUT2D eigenvalue weighted by Crippen LogP contribution is -2.13. The van der Waals surface area contributed by atoms with Crippen molar-refractivity contribution in [1.29, 1.82) is 0 Å². The van der Waals surface area contributed by atoms with Crippen molar-refractivity contribution in [1.82, 2.24) is 15.0 Å². The second-order valence-electron chi connectivity index (χ2n) is 5.39. The normalized spacial score (nSPS) is 12.8. The molecule has 10 heteroatoms. The fourth-order valence-corrected chi connectivity index (χ4v) is 2.88. The number of aromatic nitrogens is 3. The van der Waals surface area contributed by atoms with Gasteiger partial charge in [-0.15, -0.1) is 16.4 Å². The maximum atomic E-state index is 12.5. The Kier molecular flexibility index (Phi) is 5.05. The summed E-state index contributed by atoms with van der Waals surface area (Å²) in [4.78, 5) is 12.9. The van der Waals surface area contributed by atoms with Crippen LogP contribution in [0.1, 0.15) is 27.0 Å². The van der Waals surface area contributed by atoms with E-state index in [4.69, 9.17) is 0 Å². The lowest BCUT2D eigenvalue weighted by Gasteiger charge is -2.08. The van der Waals surface area contributed by atoms with Crippen molar-refractivity contribution in [3.05, 3.63) is 64.1 Å². The highest BCUT2D eigenvalue weighted by Crippen LogP contribution is 2.29. The van der Waals surface area contributed by atoms with Gasteiger partial charge in [0.2, 0.25) is 0 Å². The Balaban J connectivity index is 1.63. The second kappa shape index (κ2) is 7.26. The van der Waals surface area contributed by atoms with Crippen LogP contribution in [0.25, 0.3) is 0 Å². The molecule has 0 fully saturated rings. The van der Waals surface area contributed by atoms with Gasteiger partial charge in [-0.3, -0.25) is 4.79 Å². The number of alkyl halides is 3. The fraction of sp³-hybridized carbons (Fsp3) is 0.188. The molecular formula is C16H13F3N4O2S. The summed E-state index contributed by atoms with van der Waals surface area (Å²) in [5.74, 6) is -0.610. The standard InChI is InChI=1S/C16H13F3N4O2S/c17-16(18,19)10-3-5-11(6-4-10)20-15(25)12-8-23(22-21-12)9-13(24)14-2-1-7-26-14/h1-8,13,24H,9H2,(H,20,25)/t13-/m0/s1. The number of carbonyl (C=O) groups excluding carboxylic acids is 1. The van der Waals surface area contributed by atoms with Crippen LogP contribution in [0.5, 0.6) is 0 Å². The summed E-state index contributed by atoms with van der Waals surface area (Å²) in [6, 6.07) is 7.67. The van der Waals surface area contributed by atoms with E-state index in [2.05, 4.69) is 15.6 Å². The van der Waals surface area contributed by atoms with E-state index in [1.807, 2.05) is 11.4 Å². The zero-order valence-corrected chi connectivity index (χ0v) is 14.0. The minimum absolute atomic E-state index is 0.0109. The summed E-state index contributed by atoms with van der Waals surface area (Å²) in [6.07, 6.45) is -3.85. The first-order valence-corrected chi connectivity index (χ1v) is 8.31. The first kappa shape index (κ1) is 18.1. The van der Waals surface area contributed by atoms with Gasteiger partial charge < -0.3 is 10.4 Å². The molecule has 0 unspecified atom stereocenters. The van der Waals surface area contributed by atoms with Gasteiger partial charge in [0, 0.05) is 10.6 Å². The van der Waals surface area contributed by atoms with Crippen molar-refractivity contribution in [2.24, 2.45) is 0 Å². The average Bonchev–Trinajstić information content (AvgIpc) is 3.26. The number of aliphatic hydroxyl groups excluding tert-OH is 1. The van der Waals surface area contributed by atoms with E-state index in [1.54, 1.807) is 6.07 Å². The van der Waals surface area contributed by atoms with E-state index in [0.717, 1.165) is 29.1 Å². The van der Waals surface area contributed by atoms with Gasteiger partial charge in [0.05, 0.1) is 18.3 Å². The number of hydrogen-bond acceptors (Lipinski definition) is 5. The van der Waals surface area contributed by atoms with Gasteiger partial charge in [0.1, 0.15) is 6.10 Å². The third-order valence-electron chi connectivity index (χ3n) is 3.47. The van der Waals surface area contributed by atoms with Gasteiger partial charge in [-0.05, 0) is 35.7 Å². The Labute approximate surface area is 149 Å². The monoisotopic (exact) mass is 382 g/mol. The lowest BCUT2D eigenvalue weighted by molar-refractivity contribution is -0.137. The average molecular weight is 382 g/mol. The first-order chi connectivity index (χ1) is 12.3. The molecule has 0 saturated carbocycles. The van der Waals surface area contributed by atoms with Crippen LogP contribution in [0, 0.1) is 0 Å². The van der Waals surface area contributed by atoms with Gasteiger partial charge in [-0.25, -0.2) is 4.68 Å². The van der Waals surface area contributed by atoms with Gasteiger partial charge in [0.25, 0.3) is 5.91 Å². The number of nitrogens with one attached hydrogen (secondary N) is 1. The molecule has 26 heavy (non-hydrogen) atoms. The van der Waals surface area contributed by atoms with Crippen LogP contribution in [0.2, 0.25) is 0 Å². The number of thiophene rings is 1. The quantitative estimate of drug-likeness (QED) is 0.709. The van der Waals surface area contributed by atoms with E-state index in [-0.39, 0.29) is 17.9 Å². The summed E-state index contributed by atoms with van der Waals surface area (Å²) in [7, 11) is 0. The van der Waals surface area contributed by atoms with Gasteiger partial charge in [0.15, 0.2) is 5.69 Å². The van der Waals surface area contributed by atoms with Crippen molar-refractivity contribution >= 4 is 22.9 Å². The Bertz CT molecular complexity index is 876. The molecule has 136 valence electrons. The number of hydrogen-bond donors (Lipinski definition) is 2. The van der Waals surface area contributed by atoms with Crippen LogP contribution in [-0.2, 0) is 12.7 Å². The number of benzene rings is 1.